The SMILES string of the molecule is CCOC(=O)C(C=S)=NNc1ccc(Br)cc1. The van der Waals surface area contributed by atoms with E-state index in [9.17, 15) is 4.79 Å². The Morgan fingerprint density at radius 3 is 2.71 bits per heavy atom. The highest BCUT2D eigenvalue weighted by Gasteiger charge is 2.08. The second-order valence-electron chi connectivity index (χ2n) is 2.95. The molecule has 1 N–H and O–H groups in total. The van der Waals surface area contributed by atoms with Crippen LogP contribution in [-0.2, 0) is 9.53 Å². The molecule has 0 unspecified atom stereocenters. The number of nitrogens with zero attached hydrogens (tertiary/aromatic N) is 1. The molecule has 1 aromatic rings. The van der Waals surface area contributed by atoms with Gasteiger partial charge in [-0.25, -0.2) is 4.79 Å². The summed E-state index contributed by atoms with van der Waals surface area (Å²) < 4.78 is 5.75. The second-order valence-corrected chi connectivity index (χ2v) is 4.11. The van der Waals surface area contributed by atoms with Gasteiger partial charge in [0.05, 0.1) is 12.3 Å². The van der Waals surface area contributed by atoms with Crippen molar-refractivity contribution in [3.63, 3.8) is 0 Å². The minimum absolute atomic E-state index is 0.0739. The molecule has 0 aromatic heterocycles. The molecular weight excluding hydrogens is 304 g/mol. The van der Waals surface area contributed by atoms with E-state index in [0.717, 1.165) is 10.2 Å². The second kappa shape index (κ2) is 7.13. The van der Waals surface area contributed by atoms with E-state index in [1.165, 1.54) is 5.37 Å². The fraction of sp³-hybridized carbons (Fsp3) is 0.182. The Balaban J connectivity index is 2.70. The molecule has 0 heterocycles. The van der Waals surface area contributed by atoms with Crippen LogP contribution in [0.3, 0.4) is 0 Å². The van der Waals surface area contributed by atoms with Gasteiger partial charge in [0.2, 0.25) is 0 Å². The quantitative estimate of drug-likeness (QED) is 0.393. The van der Waals surface area contributed by atoms with Gasteiger partial charge < -0.3 is 4.74 Å². The summed E-state index contributed by atoms with van der Waals surface area (Å²) >= 11 is 8.02. The molecule has 17 heavy (non-hydrogen) atoms. The first-order valence-electron chi connectivity index (χ1n) is 4.89. The summed E-state index contributed by atoms with van der Waals surface area (Å²) in [4.78, 5) is 11.4. The summed E-state index contributed by atoms with van der Waals surface area (Å²) in [5.41, 5.74) is 3.56. The number of carbonyl (C=O) groups excluding carboxylic acids is 1. The highest BCUT2D eigenvalue weighted by Crippen LogP contribution is 2.13. The van der Waals surface area contributed by atoms with Crippen LogP contribution in [0.5, 0.6) is 0 Å². The molecule has 90 valence electrons. The van der Waals surface area contributed by atoms with Crippen LogP contribution >= 0.6 is 28.1 Å². The van der Waals surface area contributed by atoms with Gasteiger partial charge in [0, 0.05) is 9.84 Å². The van der Waals surface area contributed by atoms with Crippen molar-refractivity contribution in [3.05, 3.63) is 28.7 Å². The lowest BCUT2D eigenvalue weighted by Crippen LogP contribution is -2.19. The van der Waals surface area contributed by atoms with Crippen molar-refractivity contribution >= 4 is 50.9 Å². The minimum Gasteiger partial charge on any atom is -0.461 e. The highest BCUT2D eigenvalue weighted by molar-refractivity contribution is 9.10. The maximum absolute atomic E-state index is 11.4. The zero-order chi connectivity index (χ0) is 12.7. The number of ether oxygens (including phenoxy) is 1. The average Bonchev–Trinajstić information content (AvgIpc) is 2.32. The number of anilines is 1. The molecule has 0 aliphatic heterocycles. The number of carbonyl (C=O) groups is 1. The molecular formula is C11H11BrN2O2S. The summed E-state index contributed by atoms with van der Waals surface area (Å²) in [6.45, 7) is 2.01. The van der Waals surface area contributed by atoms with Crippen molar-refractivity contribution in [1.82, 2.24) is 0 Å². The summed E-state index contributed by atoms with van der Waals surface area (Å²) in [7, 11) is 0. The lowest BCUT2D eigenvalue weighted by Gasteiger charge is -2.03. The van der Waals surface area contributed by atoms with Crippen LogP contribution in [0.2, 0.25) is 0 Å². The van der Waals surface area contributed by atoms with Crippen LogP contribution in [0.4, 0.5) is 5.69 Å². The van der Waals surface area contributed by atoms with E-state index in [0.29, 0.717) is 6.61 Å². The first-order chi connectivity index (χ1) is 8.17. The smallest absolute Gasteiger partial charge is 0.359 e. The summed E-state index contributed by atoms with van der Waals surface area (Å²) in [6.07, 6.45) is 0. The molecule has 0 saturated carbocycles. The summed E-state index contributed by atoms with van der Waals surface area (Å²) in [5.74, 6) is -0.535. The number of esters is 1. The van der Waals surface area contributed by atoms with Crippen LogP contribution < -0.4 is 5.43 Å². The lowest BCUT2D eigenvalue weighted by atomic mass is 10.3. The monoisotopic (exact) mass is 314 g/mol. The molecule has 1 rings (SSSR count). The fourth-order valence-corrected chi connectivity index (χ4v) is 1.39. The topological polar surface area (TPSA) is 50.7 Å². The number of nitrogens with one attached hydrogen (secondary N) is 1. The van der Waals surface area contributed by atoms with Crippen molar-refractivity contribution < 1.29 is 9.53 Å². The molecule has 0 atom stereocenters. The van der Waals surface area contributed by atoms with Gasteiger partial charge >= 0.3 is 5.97 Å². The zero-order valence-electron chi connectivity index (χ0n) is 9.14. The Labute approximate surface area is 113 Å². The van der Waals surface area contributed by atoms with Crippen molar-refractivity contribution in [1.29, 1.82) is 0 Å². The number of halogens is 1. The van der Waals surface area contributed by atoms with Crippen LogP contribution in [0.1, 0.15) is 6.92 Å². The maximum Gasteiger partial charge on any atom is 0.359 e. The van der Waals surface area contributed by atoms with Crippen molar-refractivity contribution in [2.24, 2.45) is 5.10 Å². The van der Waals surface area contributed by atoms with Gasteiger partial charge in [0.25, 0.3) is 0 Å². The normalized spacial score (nSPS) is 10.8. The summed E-state index contributed by atoms with van der Waals surface area (Å²) in [6, 6.07) is 7.36. The van der Waals surface area contributed by atoms with Gasteiger partial charge in [0.1, 0.15) is 0 Å². The summed E-state index contributed by atoms with van der Waals surface area (Å²) in [5, 5.41) is 5.06. The molecule has 0 radical (unpaired) electrons. The molecule has 0 fully saturated rings. The van der Waals surface area contributed by atoms with Crippen LogP contribution in [-0.4, -0.2) is 23.7 Å². The van der Waals surface area contributed by atoms with Gasteiger partial charge in [-0.3, -0.25) is 5.43 Å². The Morgan fingerprint density at radius 2 is 2.18 bits per heavy atom. The fourth-order valence-electron chi connectivity index (χ4n) is 0.974. The third kappa shape index (κ3) is 4.62. The first-order valence-corrected chi connectivity index (χ1v) is 6.15. The number of hydrogen-bond acceptors (Lipinski definition) is 5. The van der Waals surface area contributed by atoms with E-state index >= 15 is 0 Å². The Bertz CT molecular complexity index is 432. The number of hydrogen-bond donors (Lipinski definition) is 1. The van der Waals surface area contributed by atoms with Gasteiger partial charge in [-0.15, -0.1) is 0 Å². The number of hydrazone groups is 1. The van der Waals surface area contributed by atoms with Crippen LogP contribution in [0.15, 0.2) is 33.8 Å². The zero-order valence-corrected chi connectivity index (χ0v) is 11.5. The van der Waals surface area contributed by atoms with Crippen LogP contribution in [0.25, 0.3) is 0 Å². The largest absolute Gasteiger partial charge is 0.461 e. The van der Waals surface area contributed by atoms with Gasteiger partial charge in [0.15, 0.2) is 5.71 Å². The van der Waals surface area contributed by atoms with E-state index in [4.69, 9.17) is 17.0 Å². The number of benzene rings is 1. The highest BCUT2D eigenvalue weighted by atomic mass is 79.9. The number of rotatable bonds is 5. The molecule has 1 aromatic carbocycles. The van der Waals surface area contributed by atoms with E-state index in [1.807, 2.05) is 24.3 Å². The molecule has 4 nitrogen and oxygen atoms in total. The molecule has 0 saturated heterocycles. The Kier molecular flexibility index (Phi) is 5.79. The number of thiocarbonyl (C=S) groups is 1. The van der Waals surface area contributed by atoms with Crippen molar-refractivity contribution in [3.8, 4) is 0 Å². The Morgan fingerprint density at radius 1 is 1.53 bits per heavy atom. The predicted octanol–water partition coefficient (Wildman–Crippen LogP) is 2.78. The van der Waals surface area contributed by atoms with Crippen molar-refractivity contribution in [2.45, 2.75) is 6.92 Å². The average molecular weight is 315 g/mol. The van der Waals surface area contributed by atoms with Crippen molar-refractivity contribution in [2.75, 3.05) is 12.0 Å². The van der Waals surface area contributed by atoms with E-state index in [1.54, 1.807) is 6.92 Å². The van der Waals surface area contributed by atoms with Gasteiger partial charge in [-0.1, -0.05) is 28.1 Å². The van der Waals surface area contributed by atoms with Gasteiger partial charge in [-0.2, -0.15) is 5.10 Å². The third-order valence-corrected chi connectivity index (χ3v) is 2.50. The van der Waals surface area contributed by atoms with E-state index < -0.39 is 5.97 Å². The molecule has 6 heteroatoms. The third-order valence-electron chi connectivity index (χ3n) is 1.75. The van der Waals surface area contributed by atoms with E-state index in [2.05, 4.69) is 26.5 Å². The molecule has 0 aliphatic carbocycles. The Hall–Kier alpha value is -1.27. The van der Waals surface area contributed by atoms with E-state index in [-0.39, 0.29) is 5.71 Å². The molecule has 0 amide bonds. The first kappa shape index (κ1) is 13.8. The van der Waals surface area contributed by atoms with Gasteiger partial charge in [-0.05, 0) is 31.2 Å². The standard InChI is InChI=1S/C11H11BrN2O2S/c1-2-16-11(15)10(7-17)14-13-9-5-3-8(12)4-6-9/h3-7,13H,2H2,1H3. The molecule has 0 spiro atoms. The lowest BCUT2D eigenvalue weighted by molar-refractivity contribution is -0.134. The molecule has 0 aliphatic rings. The molecule has 0 bridgehead atoms. The predicted molar refractivity (Wildman–Crippen MR) is 75.5 cm³/mol. The maximum atomic E-state index is 11.4. The van der Waals surface area contributed by atoms with Crippen LogP contribution in [0, 0.1) is 0 Å². The minimum atomic E-state index is -0.535.